The Labute approximate surface area is 116 Å². The van der Waals surface area contributed by atoms with Gasteiger partial charge in [-0.05, 0) is 32.9 Å². The molecule has 104 valence electrons. The van der Waals surface area contributed by atoms with Crippen LogP contribution in [0.3, 0.4) is 0 Å². The van der Waals surface area contributed by atoms with E-state index in [1.807, 2.05) is 24.0 Å². The van der Waals surface area contributed by atoms with E-state index in [0.29, 0.717) is 12.3 Å². The molecule has 0 saturated heterocycles. The van der Waals surface area contributed by atoms with E-state index >= 15 is 0 Å². The average molecular weight is 260 g/mol. The minimum atomic E-state index is 0.150. The lowest BCUT2D eigenvalue weighted by molar-refractivity contribution is 0.452. The zero-order chi connectivity index (χ0) is 14.3. The van der Waals surface area contributed by atoms with E-state index in [9.17, 15) is 5.11 Å². The normalized spacial score (nSPS) is 11.9. The van der Waals surface area contributed by atoms with E-state index in [1.54, 1.807) is 6.07 Å². The second-order valence-electron chi connectivity index (χ2n) is 4.64. The maximum absolute atomic E-state index is 10.2. The number of hydrogen-bond acceptors (Lipinski definition) is 3. The number of aromatic hydroxyl groups is 1. The molecule has 0 amide bonds. The summed E-state index contributed by atoms with van der Waals surface area (Å²) in [6.45, 7) is 8.56. The molecule has 3 nitrogen and oxygen atoms in total. The summed E-state index contributed by atoms with van der Waals surface area (Å²) in [5, 5.41) is 13.5. The van der Waals surface area contributed by atoms with Gasteiger partial charge in [0.25, 0.3) is 0 Å². The maximum atomic E-state index is 10.2. The average Bonchev–Trinajstić information content (AvgIpc) is 2.42. The molecule has 0 aliphatic carbocycles. The van der Waals surface area contributed by atoms with Crippen molar-refractivity contribution in [3.63, 3.8) is 0 Å². The quantitative estimate of drug-likeness (QED) is 0.740. The number of nitrogens with one attached hydrogen (secondary N) is 1. The predicted octanol–water partition coefficient (Wildman–Crippen LogP) is 2.91. The summed E-state index contributed by atoms with van der Waals surface area (Å²) in [4.78, 5) is 2.05. The van der Waals surface area contributed by atoms with Crippen LogP contribution in [-0.4, -0.2) is 24.7 Å². The van der Waals surface area contributed by atoms with Gasteiger partial charge in [-0.3, -0.25) is 0 Å². The fourth-order valence-corrected chi connectivity index (χ4v) is 2.06. The lowest BCUT2D eigenvalue weighted by atomic mass is 10.1. The largest absolute Gasteiger partial charge is 0.508 e. The highest BCUT2D eigenvalue weighted by Crippen LogP contribution is 2.28. The van der Waals surface area contributed by atoms with Crippen molar-refractivity contribution in [1.82, 2.24) is 5.32 Å². The van der Waals surface area contributed by atoms with Gasteiger partial charge in [-0.15, -0.1) is 6.42 Å². The Balaban J connectivity index is 2.87. The highest BCUT2D eigenvalue weighted by molar-refractivity contribution is 5.54. The third kappa shape index (κ3) is 4.18. The van der Waals surface area contributed by atoms with Crippen molar-refractivity contribution < 1.29 is 5.11 Å². The van der Waals surface area contributed by atoms with Crippen molar-refractivity contribution in [2.45, 2.75) is 33.2 Å². The van der Waals surface area contributed by atoms with Gasteiger partial charge in [0.05, 0.1) is 6.54 Å². The Morgan fingerprint density at radius 3 is 2.68 bits per heavy atom. The van der Waals surface area contributed by atoms with E-state index in [4.69, 9.17) is 6.42 Å². The Kier molecular flexibility index (Phi) is 6.24. The molecule has 1 aromatic carbocycles. The number of phenolic OH excluding ortho intramolecular Hbond substituents is 1. The van der Waals surface area contributed by atoms with Crippen LogP contribution in [0.4, 0.5) is 5.69 Å². The summed E-state index contributed by atoms with van der Waals surface area (Å²) in [7, 11) is 0. The van der Waals surface area contributed by atoms with Crippen LogP contribution in [0.15, 0.2) is 18.2 Å². The third-order valence-electron chi connectivity index (χ3n) is 3.21. The summed E-state index contributed by atoms with van der Waals surface area (Å²) in [6.07, 6.45) is 6.43. The highest BCUT2D eigenvalue weighted by atomic mass is 16.3. The van der Waals surface area contributed by atoms with Gasteiger partial charge < -0.3 is 15.3 Å². The number of hydrogen-bond donors (Lipinski definition) is 2. The minimum Gasteiger partial charge on any atom is -0.508 e. The highest BCUT2D eigenvalue weighted by Gasteiger charge is 2.12. The van der Waals surface area contributed by atoms with E-state index < -0.39 is 0 Å². The molecule has 0 heterocycles. The van der Waals surface area contributed by atoms with E-state index in [0.717, 1.165) is 30.8 Å². The molecule has 0 radical (unpaired) electrons. The maximum Gasteiger partial charge on any atom is 0.122 e. The number of anilines is 1. The fourth-order valence-electron chi connectivity index (χ4n) is 2.06. The van der Waals surface area contributed by atoms with E-state index in [2.05, 4.69) is 25.1 Å². The number of nitrogens with zero attached hydrogens (tertiary/aromatic N) is 1. The number of rotatable bonds is 7. The molecular formula is C16H24N2O. The van der Waals surface area contributed by atoms with Gasteiger partial charge in [-0.2, -0.15) is 0 Å². The molecule has 0 aliphatic rings. The first-order valence-corrected chi connectivity index (χ1v) is 6.88. The molecule has 0 fully saturated rings. The molecule has 1 rings (SSSR count). The summed E-state index contributed by atoms with van der Waals surface area (Å²) in [5.74, 6) is 2.96. The van der Waals surface area contributed by atoms with Gasteiger partial charge in [0.15, 0.2) is 0 Å². The van der Waals surface area contributed by atoms with Crippen LogP contribution in [0.5, 0.6) is 5.75 Å². The van der Waals surface area contributed by atoms with Crippen LogP contribution in [0.25, 0.3) is 0 Å². The molecule has 0 aromatic heterocycles. The molecule has 1 aromatic rings. The SMILES string of the molecule is C#CCN(CC)c1ccc(C(C)NCCC)c(O)c1. The Morgan fingerprint density at radius 1 is 1.42 bits per heavy atom. The smallest absolute Gasteiger partial charge is 0.122 e. The molecule has 0 saturated carbocycles. The van der Waals surface area contributed by atoms with Crippen LogP contribution in [0, 0.1) is 12.3 Å². The Morgan fingerprint density at radius 2 is 2.16 bits per heavy atom. The molecule has 19 heavy (non-hydrogen) atoms. The van der Waals surface area contributed by atoms with Crippen molar-refractivity contribution in [3.05, 3.63) is 23.8 Å². The van der Waals surface area contributed by atoms with Gasteiger partial charge in [-0.25, -0.2) is 0 Å². The van der Waals surface area contributed by atoms with Crippen LogP contribution in [-0.2, 0) is 0 Å². The van der Waals surface area contributed by atoms with Gasteiger partial charge >= 0.3 is 0 Å². The van der Waals surface area contributed by atoms with Gasteiger partial charge in [-0.1, -0.05) is 18.9 Å². The third-order valence-corrected chi connectivity index (χ3v) is 3.21. The number of terminal acetylenes is 1. The molecule has 3 heteroatoms. The van der Waals surface area contributed by atoms with Crippen molar-refractivity contribution in [2.75, 3.05) is 24.5 Å². The topological polar surface area (TPSA) is 35.5 Å². The van der Waals surface area contributed by atoms with Gasteiger partial charge in [0.1, 0.15) is 5.75 Å². The summed E-state index contributed by atoms with van der Waals surface area (Å²) < 4.78 is 0. The first kappa shape index (κ1) is 15.4. The first-order chi connectivity index (χ1) is 9.13. The summed E-state index contributed by atoms with van der Waals surface area (Å²) >= 11 is 0. The van der Waals surface area contributed by atoms with Gasteiger partial charge in [0.2, 0.25) is 0 Å². The van der Waals surface area contributed by atoms with Crippen LogP contribution in [0.2, 0.25) is 0 Å². The van der Waals surface area contributed by atoms with Crippen LogP contribution < -0.4 is 10.2 Å². The van der Waals surface area contributed by atoms with E-state index in [-0.39, 0.29) is 6.04 Å². The molecular weight excluding hydrogens is 236 g/mol. The summed E-state index contributed by atoms with van der Waals surface area (Å²) in [5.41, 5.74) is 1.89. The monoisotopic (exact) mass is 260 g/mol. The molecule has 2 N–H and O–H groups in total. The van der Waals surface area contributed by atoms with Crippen LogP contribution >= 0.6 is 0 Å². The number of benzene rings is 1. The predicted molar refractivity (Wildman–Crippen MR) is 81.5 cm³/mol. The molecule has 0 bridgehead atoms. The molecule has 0 spiro atoms. The minimum absolute atomic E-state index is 0.150. The van der Waals surface area contributed by atoms with Crippen molar-refractivity contribution in [1.29, 1.82) is 0 Å². The second-order valence-corrected chi connectivity index (χ2v) is 4.64. The zero-order valence-electron chi connectivity index (χ0n) is 12.1. The Hall–Kier alpha value is -1.66. The molecule has 1 unspecified atom stereocenters. The lowest BCUT2D eigenvalue weighted by Gasteiger charge is -2.22. The second kappa shape index (κ2) is 7.70. The standard InChI is InChI=1S/C16H24N2O/c1-5-10-17-13(4)15-9-8-14(12-16(15)19)18(7-3)11-6-2/h2,8-9,12-13,17,19H,5,7,10-11H2,1,3-4H3. The van der Waals surface area contributed by atoms with Crippen LogP contribution in [0.1, 0.15) is 38.8 Å². The van der Waals surface area contributed by atoms with Gasteiger partial charge in [0, 0.05) is 29.9 Å². The van der Waals surface area contributed by atoms with Crippen molar-refractivity contribution >= 4 is 5.69 Å². The lowest BCUT2D eigenvalue weighted by Crippen LogP contribution is -2.23. The first-order valence-electron chi connectivity index (χ1n) is 6.88. The zero-order valence-corrected chi connectivity index (χ0v) is 12.1. The molecule has 1 atom stereocenters. The van der Waals surface area contributed by atoms with Crippen molar-refractivity contribution in [3.8, 4) is 18.1 Å². The molecule has 0 aliphatic heterocycles. The Bertz CT molecular complexity index is 437. The summed E-state index contributed by atoms with van der Waals surface area (Å²) in [6, 6.07) is 5.93. The van der Waals surface area contributed by atoms with E-state index in [1.165, 1.54) is 0 Å². The number of phenols is 1. The van der Waals surface area contributed by atoms with Crippen molar-refractivity contribution in [2.24, 2.45) is 0 Å². The fraction of sp³-hybridized carbons (Fsp3) is 0.500.